The number of carbonyl (C=O) groups is 1. The average Bonchev–Trinajstić information content (AvgIpc) is 2.42. The zero-order chi connectivity index (χ0) is 12.8. The van der Waals surface area contributed by atoms with E-state index in [2.05, 4.69) is 4.98 Å². The van der Waals surface area contributed by atoms with Gasteiger partial charge >= 0.3 is 0 Å². The van der Waals surface area contributed by atoms with Crippen molar-refractivity contribution in [3.05, 3.63) is 30.1 Å². The molecule has 1 aromatic heterocycles. The van der Waals surface area contributed by atoms with Gasteiger partial charge in [-0.2, -0.15) is 0 Å². The Morgan fingerprint density at radius 1 is 1.39 bits per heavy atom. The molecule has 0 amide bonds. The Hall–Kier alpha value is -1.22. The van der Waals surface area contributed by atoms with Gasteiger partial charge in [0.15, 0.2) is 5.78 Å². The minimum absolute atomic E-state index is 0.170. The number of methoxy groups -OCH3 is 1. The Morgan fingerprint density at radius 2 is 2.17 bits per heavy atom. The van der Waals surface area contributed by atoms with Crippen molar-refractivity contribution in [3.63, 3.8) is 0 Å². The fraction of sp³-hybridized carbons (Fsp3) is 0.600. The van der Waals surface area contributed by atoms with Crippen LogP contribution < -0.4 is 0 Å². The van der Waals surface area contributed by atoms with Gasteiger partial charge in [-0.15, -0.1) is 0 Å². The van der Waals surface area contributed by atoms with Crippen LogP contribution in [0.5, 0.6) is 0 Å². The van der Waals surface area contributed by atoms with E-state index in [0.717, 1.165) is 18.5 Å². The Labute approximate surface area is 109 Å². The van der Waals surface area contributed by atoms with Crippen molar-refractivity contribution < 1.29 is 9.53 Å². The SMILES string of the molecule is COC(C(=O)Cc1ccccn1)C1CCCCC1. The lowest BCUT2D eigenvalue weighted by atomic mass is 9.83. The molecule has 1 aliphatic carbocycles. The van der Waals surface area contributed by atoms with E-state index >= 15 is 0 Å². The van der Waals surface area contributed by atoms with Crippen molar-refractivity contribution >= 4 is 5.78 Å². The number of Topliss-reactive ketones (excluding diaryl/α,β-unsaturated/α-hetero) is 1. The summed E-state index contributed by atoms with van der Waals surface area (Å²) in [5, 5.41) is 0. The average molecular weight is 247 g/mol. The molecule has 1 heterocycles. The Balaban J connectivity index is 1.96. The first kappa shape index (κ1) is 13.2. The highest BCUT2D eigenvalue weighted by molar-refractivity contribution is 5.85. The highest BCUT2D eigenvalue weighted by Crippen LogP contribution is 2.28. The second-order valence-corrected chi connectivity index (χ2v) is 5.02. The Bertz CT molecular complexity index is 371. The molecule has 3 nitrogen and oxygen atoms in total. The number of hydrogen-bond acceptors (Lipinski definition) is 3. The quantitative estimate of drug-likeness (QED) is 0.803. The summed E-state index contributed by atoms with van der Waals surface area (Å²) in [6.45, 7) is 0. The number of pyridine rings is 1. The molecule has 3 heteroatoms. The number of hydrogen-bond donors (Lipinski definition) is 0. The van der Waals surface area contributed by atoms with Crippen LogP contribution in [0.3, 0.4) is 0 Å². The van der Waals surface area contributed by atoms with Crippen molar-refractivity contribution in [1.82, 2.24) is 4.98 Å². The highest BCUT2D eigenvalue weighted by Gasteiger charge is 2.29. The van der Waals surface area contributed by atoms with Crippen LogP contribution in [0.25, 0.3) is 0 Å². The summed E-state index contributed by atoms with van der Waals surface area (Å²) >= 11 is 0. The molecule has 0 N–H and O–H groups in total. The van der Waals surface area contributed by atoms with Crippen LogP contribution in [0, 0.1) is 5.92 Å². The van der Waals surface area contributed by atoms with E-state index in [9.17, 15) is 4.79 Å². The largest absolute Gasteiger partial charge is 0.373 e. The first-order chi connectivity index (χ1) is 8.81. The van der Waals surface area contributed by atoms with Crippen molar-refractivity contribution in [3.8, 4) is 0 Å². The van der Waals surface area contributed by atoms with Gasteiger partial charge in [-0.05, 0) is 30.9 Å². The van der Waals surface area contributed by atoms with E-state index in [-0.39, 0.29) is 11.9 Å². The first-order valence-corrected chi connectivity index (χ1v) is 6.76. The summed E-state index contributed by atoms with van der Waals surface area (Å²) in [6, 6.07) is 5.67. The third kappa shape index (κ3) is 3.39. The molecule has 1 aliphatic rings. The molecule has 0 saturated heterocycles. The van der Waals surface area contributed by atoms with Crippen LogP contribution in [-0.4, -0.2) is 24.0 Å². The summed E-state index contributed by atoms with van der Waals surface area (Å²) < 4.78 is 5.45. The fourth-order valence-corrected chi connectivity index (χ4v) is 2.81. The van der Waals surface area contributed by atoms with E-state index in [1.165, 1.54) is 19.3 Å². The molecule has 0 spiro atoms. The lowest BCUT2D eigenvalue weighted by molar-refractivity contribution is -0.132. The van der Waals surface area contributed by atoms with E-state index in [0.29, 0.717) is 12.3 Å². The summed E-state index contributed by atoms with van der Waals surface area (Å²) in [4.78, 5) is 16.5. The molecule has 0 radical (unpaired) electrons. The maximum absolute atomic E-state index is 12.3. The maximum Gasteiger partial charge on any atom is 0.167 e. The monoisotopic (exact) mass is 247 g/mol. The van der Waals surface area contributed by atoms with Crippen molar-refractivity contribution in [2.75, 3.05) is 7.11 Å². The minimum atomic E-state index is -0.243. The molecule has 0 aliphatic heterocycles. The number of nitrogens with zero attached hydrogens (tertiary/aromatic N) is 1. The predicted molar refractivity (Wildman–Crippen MR) is 70.3 cm³/mol. The van der Waals surface area contributed by atoms with E-state index in [1.54, 1.807) is 13.3 Å². The molecular formula is C15H21NO2. The molecule has 1 atom stereocenters. The van der Waals surface area contributed by atoms with Gasteiger partial charge in [0.05, 0.1) is 6.42 Å². The molecule has 0 bridgehead atoms. The molecule has 2 rings (SSSR count). The molecule has 1 aromatic rings. The lowest BCUT2D eigenvalue weighted by Crippen LogP contribution is -2.34. The maximum atomic E-state index is 12.3. The molecule has 1 fully saturated rings. The van der Waals surface area contributed by atoms with Crippen LogP contribution in [0.1, 0.15) is 37.8 Å². The van der Waals surface area contributed by atoms with Gasteiger partial charge in [0, 0.05) is 19.0 Å². The lowest BCUT2D eigenvalue weighted by Gasteiger charge is -2.28. The van der Waals surface area contributed by atoms with Gasteiger partial charge in [-0.1, -0.05) is 25.3 Å². The summed E-state index contributed by atoms with van der Waals surface area (Å²) in [7, 11) is 1.65. The Morgan fingerprint density at radius 3 is 2.78 bits per heavy atom. The summed E-state index contributed by atoms with van der Waals surface area (Å²) in [5.41, 5.74) is 0.834. The van der Waals surface area contributed by atoms with E-state index in [4.69, 9.17) is 4.74 Å². The topological polar surface area (TPSA) is 39.2 Å². The smallest absolute Gasteiger partial charge is 0.167 e. The first-order valence-electron chi connectivity index (χ1n) is 6.76. The normalized spacial score (nSPS) is 18.5. The van der Waals surface area contributed by atoms with Gasteiger partial charge in [0.2, 0.25) is 0 Å². The van der Waals surface area contributed by atoms with Crippen molar-refractivity contribution in [2.24, 2.45) is 5.92 Å². The molecular weight excluding hydrogens is 226 g/mol. The van der Waals surface area contributed by atoms with E-state index in [1.807, 2.05) is 18.2 Å². The predicted octanol–water partition coefficient (Wildman–Crippen LogP) is 2.79. The van der Waals surface area contributed by atoms with Gasteiger partial charge in [0.25, 0.3) is 0 Å². The Kier molecular flexibility index (Phi) is 4.88. The molecule has 0 aromatic carbocycles. The van der Waals surface area contributed by atoms with Crippen molar-refractivity contribution in [1.29, 1.82) is 0 Å². The van der Waals surface area contributed by atoms with Gasteiger partial charge in [-0.25, -0.2) is 0 Å². The minimum Gasteiger partial charge on any atom is -0.373 e. The zero-order valence-corrected chi connectivity index (χ0v) is 11.0. The van der Waals surface area contributed by atoms with Crippen LogP contribution >= 0.6 is 0 Å². The second-order valence-electron chi connectivity index (χ2n) is 5.02. The van der Waals surface area contributed by atoms with Crippen LogP contribution in [0.15, 0.2) is 24.4 Å². The van der Waals surface area contributed by atoms with Crippen LogP contribution in [-0.2, 0) is 16.0 Å². The molecule has 18 heavy (non-hydrogen) atoms. The van der Waals surface area contributed by atoms with Crippen LogP contribution in [0.2, 0.25) is 0 Å². The molecule has 98 valence electrons. The number of rotatable bonds is 5. The van der Waals surface area contributed by atoms with Crippen LogP contribution in [0.4, 0.5) is 0 Å². The summed E-state index contributed by atoms with van der Waals surface area (Å²) in [5.74, 6) is 0.572. The zero-order valence-electron chi connectivity index (χ0n) is 11.0. The number of ether oxygens (including phenoxy) is 1. The number of aromatic nitrogens is 1. The van der Waals surface area contributed by atoms with Gasteiger partial charge < -0.3 is 4.74 Å². The molecule has 1 saturated carbocycles. The molecule has 1 unspecified atom stereocenters. The third-order valence-electron chi connectivity index (χ3n) is 3.73. The third-order valence-corrected chi connectivity index (χ3v) is 3.73. The van der Waals surface area contributed by atoms with Gasteiger partial charge in [0.1, 0.15) is 6.10 Å². The van der Waals surface area contributed by atoms with E-state index < -0.39 is 0 Å². The fourth-order valence-electron chi connectivity index (χ4n) is 2.81. The van der Waals surface area contributed by atoms with Crippen molar-refractivity contribution in [2.45, 2.75) is 44.6 Å². The summed E-state index contributed by atoms with van der Waals surface area (Å²) in [6.07, 6.45) is 7.84. The standard InChI is InChI=1S/C15H21NO2/c1-18-15(12-7-3-2-4-8-12)14(17)11-13-9-5-6-10-16-13/h5-6,9-10,12,15H,2-4,7-8,11H2,1H3. The highest BCUT2D eigenvalue weighted by atomic mass is 16.5. The second kappa shape index (κ2) is 6.64. The number of ketones is 1. The number of carbonyl (C=O) groups excluding carboxylic acids is 1. The van der Waals surface area contributed by atoms with Gasteiger partial charge in [-0.3, -0.25) is 9.78 Å².